The van der Waals surface area contributed by atoms with E-state index in [1.54, 1.807) is 0 Å². The first-order valence-electron chi connectivity index (χ1n) is 7.02. The Bertz CT molecular complexity index is 959. The topological polar surface area (TPSA) is 183 Å². The van der Waals surface area contributed by atoms with E-state index in [2.05, 4.69) is 10.5 Å². The predicted octanol–water partition coefficient (Wildman–Crippen LogP) is 2.57. The van der Waals surface area contributed by atoms with Crippen molar-refractivity contribution in [2.24, 2.45) is 5.10 Å². The van der Waals surface area contributed by atoms with Crippen LogP contribution in [0.5, 0.6) is 11.5 Å². The van der Waals surface area contributed by atoms with E-state index < -0.39 is 37.6 Å². The van der Waals surface area contributed by atoms with Gasteiger partial charge >= 0.3 is 11.4 Å². The van der Waals surface area contributed by atoms with Crippen molar-refractivity contribution in [2.45, 2.75) is 0 Å². The molecule has 27 heavy (non-hydrogen) atoms. The molecule has 0 aliphatic rings. The SMILES string of the molecule is COc1cc(/C=N\Nc2ccc([N+](=O)[O-])cc2[N+](=O)[O-])c(O)c([N+](=O)[O-])c1. The normalized spacial score (nSPS) is 10.6. The van der Waals surface area contributed by atoms with Gasteiger partial charge < -0.3 is 9.84 Å². The summed E-state index contributed by atoms with van der Waals surface area (Å²) < 4.78 is 4.90. The highest BCUT2D eigenvalue weighted by atomic mass is 16.6. The molecule has 13 heteroatoms. The predicted molar refractivity (Wildman–Crippen MR) is 92.3 cm³/mol. The molecule has 0 aromatic heterocycles. The number of aromatic hydroxyl groups is 1. The Morgan fingerprint density at radius 3 is 2.26 bits per heavy atom. The molecule has 0 unspecified atom stereocenters. The second-order valence-corrected chi connectivity index (χ2v) is 4.93. The summed E-state index contributed by atoms with van der Waals surface area (Å²) in [6.45, 7) is 0. The van der Waals surface area contributed by atoms with Crippen LogP contribution in [0.25, 0.3) is 0 Å². The molecule has 0 aliphatic carbocycles. The number of benzene rings is 2. The van der Waals surface area contributed by atoms with Crippen molar-refractivity contribution in [3.05, 3.63) is 66.2 Å². The van der Waals surface area contributed by atoms with Crippen LogP contribution in [0.2, 0.25) is 0 Å². The summed E-state index contributed by atoms with van der Waals surface area (Å²) in [6, 6.07) is 5.16. The highest BCUT2D eigenvalue weighted by Crippen LogP contribution is 2.33. The first-order valence-corrected chi connectivity index (χ1v) is 7.02. The summed E-state index contributed by atoms with van der Waals surface area (Å²) in [5.41, 5.74) is 0.383. The minimum Gasteiger partial charge on any atom is -0.502 e. The maximum Gasteiger partial charge on any atom is 0.315 e. The fourth-order valence-electron chi connectivity index (χ4n) is 2.02. The van der Waals surface area contributed by atoms with Crippen LogP contribution in [-0.2, 0) is 0 Å². The molecule has 0 saturated heterocycles. The molecule has 2 aromatic rings. The van der Waals surface area contributed by atoms with E-state index in [0.717, 1.165) is 30.5 Å². The van der Waals surface area contributed by atoms with Crippen LogP contribution in [-0.4, -0.2) is 33.2 Å². The number of rotatable bonds is 7. The maximum absolute atomic E-state index is 11.0. The molecular formula is C14H11N5O8. The molecule has 0 radical (unpaired) electrons. The minimum absolute atomic E-state index is 0.0851. The summed E-state index contributed by atoms with van der Waals surface area (Å²) in [5.74, 6) is -0.591. The number of hydrazone groups is 1. The Morgan fingerprint density at radius 2 is 1.70 bits per heavy atom. The average molecular weight is 377 g/mol. The Kier molecular flexibility index (Phi) is 5.45. The lowest BCUT2D eigenvalue weighted by molar-refractivity contribution is -0.393. The van der Waals surface area contributed by atoms with Crippen LogP contribution < -0.4 is 10.2 Å². The summed E-state index contributed by atoms with van der Waals surface area (Å²) in [4.78, 5) is 30.3. The van der Waals surface area contributed by atoms with Crippen LogP contribution >= 0.6 is 0 Å². The van der Waals surface area contributed by atoms with Gasteiger partial charge in [0.1, 0.15) is 11.4 Å². The van der Waals surface area contributed by atoms with E-state index in [-0.39, 0.29) is 17.0 Å². The number of nitro benzene ring substituents is 3. The van der Waals surface area contributed by atoms with Crippen molar-refractivity contribution in [2.75, 3.05) is 12.5 Å². The number of nitro groups is 3. The number of ether oxygens (including phenoxy) is 1. The van der Waals surface area contributed by atoms with Gasteiger partial charge in [-0.15, -0.1) is 0 Å². The molecule has 0 saturated carbocycles. The first kappa shape index (κ1) is 19.0. The second-order valence-electron chi connectivity index (χ2n) is 4.93. The van der Waals surface area contributed by atoms with Crippen molar-refractivity contribution in [3.8, 4) is 11.5 Å². The van der Waals surface area contributed by atoms with E-state index in [9.17, 15) is 35.4 Å². The Morgan fingerprint density at radius 1 is 1.04 bits per heavy atom. The molecule has 0 spiro atoms. The number of methoxy groups -OCH3 is 1. The van der Waals surface area contributed by atoms with E-state index in [4.69, 9.17) is 4.74 Å². The Labute approximate surface area is 150 Å². The molecule has 2 rings (SSSR count). The zero-order valence-electron chi connectivity index (χ0n) is 13.6. The minimum atomic E-state index is -0.835. The van der Waals surface area contributed by atoms with Gasteiger partial charge in [-0.25, -0.2) is 0 Å². The van der Waals surface area contributed by atoms with Gasteiger partial charge in [0.25, 0.3) is 5.69 Å². The summed E-state index contributed by atoms with van der Waals surface area (Å²) in [5, 5.41) is 46.3. The number of nitrogens with zero attached hydrogens (tertiary/aromatic N) is 4. The number of phenols is 1. The summed E-state index contributed by atoms with van der Waals surface area (Å²) in [7, 11) is 1.27. The molecule has 13 nitrogen and oxygen atoms in total. The molecule has 0 heterocycles. The van der Waals surface area contributed by atoms with Gasteiger partial charge in [0.15, 0.2) is 0 Å². The third-order valence-corrected chi connectivity index (χ3v) is 3.30. The Hall–Kier alpha value is -4.29. The molecule has 0 atom stereocenters. The molecule has 0 aliphatic heterocycles. The van der Waals surface area contributed by atoms with Gasteiger partial charge in [0.2, 0.25) is 5.75 Å². The van der Waals surface area contributed by atoms with E-state index in [0.29, 0.717) is 0 Å². The lowest BCUT2D eigenvalue weighted by Crippen LogP contribution is -1.99. The highest BCUT2D eigenvalue weighted by molar-refractivity contribution is 5.87. The zero-order chi connectivity index (χ0) is 20.1. The quantitative estimate of drug-likeness (QED) is 0.416. The first-order chi connectivity index (χ1) is 12.7. The largest absolute Gasteiger partial charge is 0.502 e. The monoisotopic (exact) mass is 377 g/mol. The molecule has 140 valence electrons. The fourth-order valence-corrected chi connectivity index (χ4v) is 2.02. The number of anilines is 1. The summed E-state index contributed by atoms with van der Waals surface area (Å²) in [6.07, 6.45) is 0.982. The molecule has 2 aromatic carbocycles. The molecule has 2 N–H and O–H groups in total. The third-order valence-electron chi connectivity index (χ3n) is 3.30. The smallest absolute Gasteiger partial charge is 0.315 e. The van der Waals surface area contributed by atoms with Crippen LogP contribution in [0.3, 0.4) is 0 Å². The second kappa shape index (κ2) is 7.73. The molecular weight excluding hydrogens is 366 g/mol. The number of hydrogen-bond donors (Lipinski definition) is 2. The lowest BCUT2D eigenvalue weighted by atomic mass is 10.1. The Balaban J connectivity index is 2.35. The van der Waals surface area contributed by atoms with Gasteiger partial charge in [0, 0.05) is 11.6 Å². The van der Waals surface area contributed by atoms with Crippen molar-refractivity contribution >= 4 is 29.0 Å². The van der Waals surface area contributed by atoms with Gasteiger partial charge in [0.05, 0.1) is 40.2 Å². The fraction of sp³-hybridized carbons (Fsp3) is 0.0714. The van der Waals surface area contributed by atoms with E-state index in [1.165, 1.54) is 13.2 Å². The highest BCUT2D eigenvalue weighted by Gasteiger charge is 2.20. The van der Waals surface area contributed by atoms with Crippen LogP contribution in [0, 0.1) is 30.3 Å². The third kappa shape index (κ3) is 4.22. The van der Waals surface area contributed by atoms with Gasteiger partial charge in [-0.1, -0.05) is 0 Å². The van der Waals surface area contributed by atoms with E-state index in [1.807, 2.05) is 0 Å². The van der Waals surface area contributed by atoms with Gasteiger partial charge in [-0.05, 0) is 12.1 Å². The molecule has 0 amide bonds. The van der Waals surface area contributed by atoms with Crippen LogP contribution in [0.15, 0.2) is 35.4 Å². The number of nitrogens with one attached hydrogen (secondary N) is 1. The maximum atomic E-state index is 11.0. The number of hydrogen-bond acceptors (Lipinski definition) is 10. The van der Waals surface area contributed by atoms with Gasteiger partial charge in [-0.2, -0.15) is 5.10 Å². The van der Waals surface area contributed by atoms with Gasteiger partial charge in [-0.3, -0.25) is 35.8 Å². The summed E-state index contributed by atoms with van der Waals surface area (Å²) >= 11 is 0. The van der Waals surface area contributed by atoms with Crippen molar-refractivity contribution in [1.29, 1.82) is 0 Å². The average Bonchev–Trinajstić information content (AvgIpc) is 2.62. The number of phenolic OH excluding ortho intramolecular Hbond substituents is 1. The van der Waals surface area contributed by atoms with E-state index >= 15 is 0 Å². The van der Waals surface area contributed by atoms with Crippen molar-refractivity contribution in [3.63, 3.8) is 0 Å². The zero-order valence-corrected chi connectivity index (χ0v) is 13.6. The van der Waals surface area contributed by atoms with Crippen LogP contribution in [0.1, 0.15) is 5.56 Å². The molecule has 0 fully saturated rings. The van der Waals surface area contributed by atoms with Crippen molar-refractivity contribution in [1.82, 2.24) is 0 Å². The van der Waals surface area contributed by atoms with Crippen molar-refractivity contribution < 1.29 is 24.6 Å². The lowest BCUT2D eigenvalue weighted by Gasteiger charge is -2.05. The number of non-ortho nitro benzene ring substituents is 1. The van der Waals surface area contributed by atoms with Crippen LogP contribution in [0.4, 0.5) is 22.7 Å². The molecule has 0 bridgehead atoms. The standard InChI is InChI=1S/C14H11N5O8/c1-27-10-4-8(14(20)13(6-10)19(25)26)7-15-16-11-3-2-9(17(21)22)5-12(11)18(23)24/h2-7,16,20H,1H3/b15-7-.